The van der Waals surface area contributed by atoms with Crippen LogP contribution in [0.4, 0.5) is 11.5 Å². The van der Waals surface area contributed by atoms with Crippen LogP contribution in [-0.4, -0.2) is 24.9 Å². The van der Waals surface area contributed by atoms with E-state index >= 15 is 0 Å². The number of hydrogen-bond acceptors (Lipinski definition) is 6. The lowest BCUT2D eigenvalue weighted by molar-refractivity contribution is 0.591. The van der Waals surface area contributed by atoms with Gasteiger partial charge >= 0.3 is 0 Å². The molecule has 2 heterocycles. The minimum Gasteiger partial charge on any atom is -0.305 e. The van der Waals surface area contributed by atoms with E-state index in [-0.39, 0.29) is 10.9 Å². The topological polar surface area (TPSA) is 87.2 Å². The van der Waals surface area contributed by atoms with Crippen molar-refractivity contribution in [3.8, 4) is 0 Å². The second-order valence-electron chi connectivity index (χ2n) is 6.16. The van der Waals surface area contributed by atoms with Gasteiger partial charge in [0.25, 0.3) is 10.0 Å². The molecule has 3 aromatic rings. The maximum absolute atomic E-state index is 12.9. The van der Waals surface area contributed by atoms with Crippen LogP contribution >= 0.6 is 0 Å². The molecule has 8 heteroatoms. The monoisotopic (exact) mass is 397 g/mol. The predicted octanol–water partition coefficient (Wildman–Crippen LogP) is 3.37. The Morgan fingerprint density at radius 1 is 1.04 bits per heavy atom. The van der Waals surface area contributed by atoms with E-state index in [0.29, 0.717) is 18.1 Å². The highest BCUT2D eigenvalue weighted by Gasteiger charge is 2.24. The zero-order valence-electron chi connectivity index (χ0n) is 15.8. The first-order valence-electron chi connectivity index (χ1n) is 8.97. The summed E-state index contributed by atoms with van der Waals surface area (Å²) < 4.78 is 27.2. The van der Waals surface area contributed by atoms with Crippen LogP contribution in [0.15, 0.2) is 78.1 Å². The first kappa shape index (κ1) is 19.8. The molecule has 0 aliphatic carbocycles. The highest BCUT2D eigenvalue weighted by Crippen LogP contribution is 2.22. The van der Waals surface area contributed by atoms with Crippen molar-refractivity contribution in [1.29, 1.82) is 0 Å². The fourth-order valence-electron chi connectivity index (χ4n) is 2.73. The number of nitrogens with zero attached hydrogens (tertiary/aromatic N) is 3. The molecule has 0 aliphatic rings. The van der Waals surface area contributed by atoms with Gasteiger partial charge < -0.3 is 5.43 Å². The molecule has 3 rings (SSSR count). The number of rotatable bonds is 8. The van der Waals surface area contributed by atoms with Crippen molar-refractivity contribution in [2.45, 2.75) is 24.8 Å². The number of anilines is 2. The van der Waals surface area contributed by atoms with Gasteiger partial charge in [0.1, 0.15) is 10.7 Å². The predicted molar refractivity (Wildman–Crippen MR) is 110 cm³/mol. The number of sulfonamides is 1. The van der Waals surface area contributed by atoms with E-state index in [1.807, 2.05) is 37.3 Å². The van der Waals surface area contributed by atoms with Crippen molar-refractivity contribution in [2.75, 3.05) is 16.3 Å². The molecule has 2 N–H and O–H groups in total. The fraction of sp³-hybridized carbons (Fsp3) is 0.200. The lowest BCUT2D eigenvalue weighted by Gasteiger charge is -2.22. The number of aromatic nitrogens is 2. The van der Waals surface area contributed by atoms with E-state index in [4.69, 9.17) is 0 Å². The summed E-state index contributed by atoms with van der Waals surface area (Å²) in [5, 5.41) is 0. The summed E-state index contributed by atoms with van der Waals surface area (Å²) >= 11 is 0. The van der Waals surface area contributed by atoms with Gasteiger partial charge in [-0.2, -0.15) is 0 Å². The Labute approximate surface area is 165 Å². The zero-order valence-corrected chi connectivity index (χ0v) is 16.6. The molecule has 0 spiro atoms. The van der Waals surface area contributed by atoms with Crippen LogP contribution in [0, 0.1) is 0 Å². The van der Waals surface area contributed by atoms with Crippen LogP contribution in [0.3, 0.4) is 0 Å². The minimum absolute atomic E-state index is 0.0626. The molecule has 1 atom stereocenters. The molecular formula is C20H23N5O2S. The van der Waals surface area contributed by atoms with E-state index in [1.54, 1.807) is 37.4 Å². The Bertz CT molecular complexity index is 980. The summed E-state index contributed by atoms with van der Waals surface area (Å²) in [6.07, 6.45) is 4.49. The number of hydrogen-bond donors (Lipinski definition) is 2. The Kier molecular flexibility index (Phi) is 6.23. The fourth-order valence-corrected chi connectivity index (χ4v) is 4.14. The average molecular weight is 398 g/mol. The SMILES string of the molecule is CCN(c1cccnc1)S(=O)(=O)c1ccc(NN[C@H](C)c2ccccc2)nc1. The summed E-state index contributed by atoms with van der Waals surface area (Å²) in [6.45, 7) is 4.10. The van der Waals surface area contributed by atoms with Gasteiger partial charge in [0.15, 0.2) is 0 Å². The summed E-state index contributed by atoms with van der Waals surface area (Å²) in [7, 11) is -3.71. The van der Waals surface area contributed by atoms with Gasteiger partial charge in [-0.1, -0.05) is 30.3 Å². The molecule has 2 aromatic heterocycles. The minimum atomic E-state index is -3.71. The molecule has 0 fully saturated rings. The standard InChI is InChI=1S/C20H23N5O2S/c1-3-25(18-10-7-13-21-14-18)28(26,27)19-11-12-20(22-15-19)24-23-16(2)17-8-5-4-6-9-17/h4-16,23H,3H2,1-2H3,(H,22,24)/t16-/m1/s1. The highest BCUT2D eigenvalue weighted by atomic mass is 32.2. The van der Waals surface area contributed by atoms with Crippen LogP contribution in [0.2, 0.25) is 0 Å². The third kappa shape index (κ3) is 4.47. The molecule has 0 bridgehead atoms. The maximum atomic E-state index is 12.9. The summed E-state index contributed by atoms with van der Waals surface area (Å²) in [4.78, 5) is 8.35. The molecular weight excluding hydrogens is 374 g/mol. The Hall–Kier alpha value is -2.97. The van der Waals surface area contributed by atoms with Crippen LogP contribution in [0.1, 0.15) is 25.5 Å². The normalized spacial score (nSPS) is 12.4. The Morgan fingerprint density at radius 3 is 2.43 bits per heavy atom. The van der Waals surface area contributed by atoms with Crippen LogP contribution in [0.5, 0.6) is 0 Å². The van der Waals surface area contributed by atoms with Crippen molar-refractivity contribution in [2.24, 2.45) is 0 Å². The van der Waals surface area contributed by atoms with E-state index in [1.165, 1.54) is 16.7 Å². The van der Waals surface area contributed by atoms with Gasteiger partial charge in [0.2, 0.25) is 0 Å². The van der Waals surface area contributed by atoms with Gasteiger partial charge in [-0.25, -0.2) is 18.8 Å². The van der Waals surface area contributed by atoms with Gasteiger partial charge in [0.05, 0.1) is 11.9 Å². The third-order valence-corrected chi connectivity index (χ3v) is 6.15. The van der Waals surface area contributed by atoms with Gasteiger partial charge in [-0.15, -0.1) is 0 Å². The average Bonchev–Trinajstić information content (AvgIpc) is 2.74. The first-order chi connectivity index (χ1) is 13.5. The largest absolute Gasteiger partial charge is 0.305 e. The maximum Gasteiger partial charge on any atom is 0.265 e. The van der Waals surface area contributed by atoms with Gasteiger partial charge in [0, 0.05) is 25.0 Å². The lowest BCUT2D eigenvalue weighted by Crippen LogP contribution is -2.31. The van der Waals surface area contributed by atoms with Crippen LogP contribution in [0.25, 0.3) is 0 Å². The molecule has 0 saturated heterocycles. The molecule has 0 unspecified atom stereocenters. The molecule has 7 nitrogen and oxygen atoms in total. The molecule has 146 valence electrons. The highest BCUT2D eigenvalue weighted by molar-refractivity contribution is 7.92. The van der Waals surface area contributed by atoms with E-state index in [0.717, 1.165) is 5.56 Å². The van der Waals surface area contributed by atoms with Crippen LogP contribution in [-0.2, 0) is 10.0 Å². The number of nitrogens with one attached hydrogen (secondary N) is 2. The summed E-state index contributed by atoms with van der Waals surface area (Å²) in [5.41, 5.74) is 7.82. The van der Waals surface area contributed by atoms with E-state index in [2.05, 4.69) is 20.8 Å². The van der Waals surface area contributed by atoms with Crippen molar-refractivity contribution in [3.63, 3.8) is 0 Å². The summed E-state index contributed by atoms with van der Waals surface area (Å²) in [6, 6.07) is 16.6. The number of hydrazine groups is 1. The number of pyridine rings is 2. The third-order valence-electron chi connectivity index (χ3n) is 4.26. The van der Waals surface area contributed by atoms with Gasteiger partial charge in [-0.3, -0.25) is 9.29 Å². The van der Waals surface area contributed by atoms with Crippen molar-refractivity contribution in [3.05, 3.63) is 78.8 Å². The Morgan fingerprint density at radius 2 is 1.82 bits per heavy atom. The number of benzene rings is 1. The smallest absolute Gasteiger partial charge is 0.265 e. The second-order valence-corrected chi connectivity index (χ2v) is 8.02. The van der Waals surface area contributed by atoms with E-state index in [9.17, 15) is 8.42 Å². The molecule has 0 aliphatic heterocycles. The van der Waals surface area contributed by atoms with Crippen molar-refractivity contribution in [1.82, 2.24) is 15.4 Å². The van der Waals surface area contributed by atoms with Gasteiger partial charge in [-0.05, 0) is 43.7 Å². The second kappa shape index (κ2) is 8.81. The Balaban J connectivity index is 1.71. The molecule has 0 saturated carbocycles. The molecule has 0 amide bonds. The summed E-state index contributed by atoms with van der Waals surface area (Å²) in [5.74, 6) is 0.533. The quantitative estimate of drug-likeness (QED) is 0.567. The van der Waals surface area contributed by atoms with Crippen molar-refractivity contribution < 1.29 is 8.42 Å². The lowest BCUT2D eigenvalue weighted by atomic mass is 10.1. The van der Waals surface area contributed by atoms with E-state index < -0.39 is 10.0 Å². The van der Waals surface area contributed by atoms with Crippen LogP contribution < -0.4 is 15.2 Å². The molecule has 28 heavy (non-hydrogen) atoms. The van der Waals surface area contributed by atoms with Crippen molar-refractivity contribution >= 4 is 21.5 Å². The first-order valence-corrected chi connectivity index (χ1v) is 10.4. The molecule has 1 aromatic carbocycles. The zero-order chi connectivity index (χ0) is 20.0. The molecule has 0 radical (unpaired) electrons.